The molecule has 3 fully saturated rings. The number of hydrogen-bond donors (Lipinski definition) is 0. The van der Waals surface area contributed by atoms with Gasteiger partial charge in [-0.2, -0.15) is 0 Å². The van der Waals surface area contributed by atoms with Crippen molar-refractivity contribution < 1.29 is 4.79 Å². The van der Waals surface area contributed by atoms with E-state index in [2.05, 4.69) is 31.6 Å². The lowest BCUT2D eigenvalue weighted by Crippen LogP contribution is -2.44. The van der Waals surface area contributed by atoms with Gasteiger partial charge in [-0.25, -0.2) is 0 Å². The van der Waals surface area contributed by atoms with E-state index in [-0.39, 0.29) is 0 Å². The Bertz CT molecular complexity index is 588. The van der Waals surface area contributed by atoms with E-state index in [0.717, 1.165) is 57.0 Å². The molecule has 3 aliphatic rings. The molecule has 2 aliphatic heterocycles. The van der Waals surface area contributed by atoms with Crippen molar-refractivity contribution in [3.8, 4) is 0 Å². The number of rotatable bonds is 4. The minimum Gasteiger partial charge on any atom is -0.342 e. The van der Waals surface area contributed by atoms with Crippen molar-refractivity contribution in [2.24, 2.45) is 13.0 Å². The summed E-state index contributed by atoms with van der Waals surface area (Å²) in [4.78, 5) is 17.1. The van der Waals surface area contributed by atoms with Crippen LogP contribution in [0, 0.1) is 5.92 Å². The highest BCUT2D eigenvalue weighted by Crippen LogP contribution is 2.32. The zero-order valence-electron chi connectivity index (χ0n) is 14.8. The van der Waals surface area contributed by atoms with E-state index in [1.807, 2.05) is 0 Å². The highest BCUT2D eigenvalue weighted by atomic mass is 16.2. The minimum absolute atomic E-state index is 0.300. The molecule has 4 rings (SSSR count). The quantitative estimate of drug-likeness (QED) is 0.846. The second kappa shape index (κ2) is 6.82. The topological polar surface area (TPSA) is 54.3 Å². The van der Waals surface area contributed by atoms with Crippen LogP contribution >= 0.6 is 0 Å². The lowest BCUT2D eigenvalue weighted by molar-refractivity contribution is -0.139. The first-order valence-corrected chi connectivity index (χ1v) is 9.61. The summed E-state index contributed by atoms with van der Waals surface area (Å²) in [5, 5.41) is 8.96. The fourth-order valence-corrected chi connectivity index (χ4v) is 4.31. The van der Waals surface area contributed by atoms with Crippen LogP contribution in [0.3, 0.4) is 0 Å². The van der Waals surface area contributed by atoms with Crippen LogP contribution in [0.2, 0.25) is 0 Å². The second-order valence-corrected chi connectivity index (χ2v) is 7.77. The predicted octanol–water partition coefficient (Wildman–Crippen LogP) is 1.92. The van der Waals surface area contributed by atoms with Gasteiger partial charge in [-0.1, -0.05) is 6.42 Å². The van der Waals surface area contributed by atoms with Gasteiger partial charge >= 0.3 is 0 Å². The van der Waals surface area contributed by atoms with E-state index in [4.69, 9.17) is 0 Å². The Hall–Kier alpha value is -1.43. The molecule has 1 aromatic heterocycles. The Labute approximate surface area is 144 Å². The molecule has 0 radical (unpaired) electrons. The van der Waals surface area contributed by atoms with Crippen molar-refractivity contribution in [3.63, 3.8) is 0 Å². The van der Waals surface area contributed by atoms with Crippen molar-refractivity contribution in [3.05, 3.63) is 11.6 Å². The number of amides is 1. The number of aromatic nitrogens is 3. The summed E-state index contributed by atoms with van der Waals surface area (Å²) in [7, 11) is 2.09. The SMILES string of the molecule is Cn1c(CN2CCCC2)nnc1[C@H]1CCCN(C(=O)C2CCC2)C1. The summed E-state index contributed by atoms with van der Waals surface area (Å²) in [6, 6.07) is 0. The number of hydrogen-bond acceptors (Lipinski definition) is 4. The molecule has 6 heteroatoms. The maximum absolute atomic E-state index is 12.6. The maximum Gasteiger partial charge on any atom is 0.225 e. The molecular weight excluding hydrogens is 302 g/mol. The van der Waals surface area contributed by atoms with Gasteiger partial charge < -0.3 is 9.47 Å². The Morgan fingerprint density at radius 3 is 2.54 bits per heavy atom. The summed E-state index contributed by atoms with van der Waals surface area (Å²) in [5.74, 6) is 3.15. The Morgan fingerprint density at radius 1 is 1.04 bits per heavy atom. The van der Waals surface area contributed by atoms with Crippen molar-refractivity contribution >= 4 is 5.91 Å². The smallest absolute Gasteiger partial charge is 0.225 e. The van der Waals surface area contributed by atoms with E-state index in [1.54, 1.807) is 0 Å². The third kappa shape index (κ3) is 3.08. The Kier molecular flexibility index (Phi) is 4.57. The summed E-state index contributed by atoms with van der Waals surface area (Å²) < 4.78 is 2.18. The summed E-state index contributed by atoms with van der Waals surface area (Å²) in [6.07, 6.45) is 8.18. The molecule has 2 saturated heterocycles. The molecule has 1 amide bonds. The standard InChI is InChI=1S/C18H29N5O/c1-21-16(13-22-9-2-3-10-22)19-20-17(21)15-8-5-11-23(12-15)18(24)14-6-4-7-14/h14-15H,2-13H2,1H3/t15-/m0/s1. The van der Waals surface area contributed by atoms with E-state index in [0.29, 0.717) is 17.7 Å². The van der Waals surface area contributed by atoms with Crippen molar-refractivity contribution in [1.29, 1.82) is 0 Å². The third-order valence-corrected chi connectivity index (χ3v) is 6.12. The van der Waals surface area contributed by atoms with Gasteiger partial charge in [-0.3, -0.25) is 9.69 Å². The van der Waals surface area contributed by atoms with Crippen LogP contribution in [-0.4, -0.2) is 56.7 Å². The first-order valence-electron chi connectivity index (χ1n) is 9.61. The van der Waals surface area contributed by atoms with E-state index < -0.39 is 0 Å². The first kappa shape index (κ1) is 16.1. The largest absolute Gasteiger partial charge is 0.342 e. The van der Waals surface area contributed by atoms with Gasteiger partial charge in [0.15, 0.2) is 0 Å². The maximum atomic E-state index is 12.6. The Morgan fingerprint density at radius 2 is 1.83 bits per heavy atom. The molecule has 1 atom stereocenters. The monoisotopic (exact) mass is 331 g/mol. The van der Waals surface area contributed by atoms with Gasteiger partial charge in [0.05, 0.1) is 6.54 Å². The molecule has 1 aliphatic carbocycles. The van der Waals surface area contributed by atoms with Gasteiger partial charge in [0, 0.05) is 32.0 Å². The summed E-state index contributed by atoms with van der Waals surface area (Å²) >= 11 is 0. The number of piperidine rings is 1. The molecule has 1 aromatic rings. The van der Waals surface area contributed by atoms with Crippen LogP contribution in [-0.2, 0) is 18.4 Å². The van der Waals surface area contributed by atoms with Crippen LogP contribution in [0.5, 0.6) is 0 Å². The fraction of sp³-hybridized carbons (Fsp3) is 0.833. The molecule has 24 heavy (non-hydrogen) atoms. The van der Waals surface area contributed by atoms with Gasteiger partial charge in [0.1, 0.15) is 11.6 Å². The highest BCUT2D eigenvalue weighted by molar-refractivity contribution is 5.79. The fourth-order valence-electron chi connectivity index (χ4n) is 4.31. The average Bonchev–Trinajstić information content (AvgIpc) is 3.17. The van der Waals surface area contributed by atoms with Crippen LogP contribution in [0.1, 0.15) is 62.5 Å². The molecule has 132 valence electrons. The minimum atomic E-state index is 0.300. The average molecular weight is 331 g/mol. The van der Waals surface area contributed by atoms with Crippen molar-refractivity contribution in [2.75, 3.05) is 26.2 Å². The predicted molar refractivity (Wildman–Crippen MR) is 91.4 cm³/mol. The lowest BCUT2D eigenvalue weighted by atomic mass is 9.83. The molecule has 0 spiro atoms. The van der Waals surface area contributed by atoms with E-state index in [9.17, 15) is 4.79 Å². The molecule has 6 nitrogen and oxygen atoms in total. The molecule has 0 bridgehead atoms. The summed E-state index contributed by atoms with van der Waals surface area (Å²) in [6.45, 7) is 5.00. The molecule has 0 unspecified atom stereocenters. The Balaban J connectivity index is 1.42. The molecular formula is C18H29N5O. The zero-order chi connectivity index (χ0) is 16.5. The van der Waals surface area contributed by atoms with E-state index >= 15 is 0 Å². The van der Waals surface area contributed by atoms with Gasteiger partial charge in [-0.05, 0) is 51.6 Å². The zero-order valence-corrected chi connectivity index (χ0v) is 14.8. The van der Waals surface area contributed by atoms with Crippen LogP contribution in [0.25, 0.3) is 0 Å². The third-order valence-electron chi connectivity index (χ3n) is 6.12. The molecule has 1 saturated carbocycles. The van der Waals surface area contributed by atoms with Gasteiger partial charge in [-0.15, -0.1) is 10.2 Å². The normalized spacial score (nSPS) is 25.9. The summed E-state index contributed by atoms with van der Waals surface area (Å²) in [5.41, 5.74) is 0. The molecule has 0 aromatic carbocycles. The number of carbonyl (C=O) groups is 1. The highest BCUT2D eigenvalue weighted by Gasteiger charge is 2.34. The number of likely N-dealkylation sites (tertiary alicyclic amines) is 2. The van der Waals surface area contributed by atoms with Gasteiger partial charge in [0.2, 0.25) is 5.91 Å². The molecule has 0 N–H and O–H groups in total. The second-order valence-electron chi connectivity index (χ2n) is 7.77. The molecule has 3 heterocycles. The van der Waals surface area contributed by atoms with Gasteiger partial charge in [0.25, 0.3) is 0 Å². The van der Waals surface area contributed by atoms with Crippen LogP contribution in [0.15, 0.2) is 0 Å². The number of carbonyl (C=O) groups excluding carboxylic acids is 1. The lowest BCUT2D eigenvalue weighted by Gasteiger charge is -2.36. The first-order chi connectivity index (χ1) is 11.7. The number of nitrogens with zero attached hydrogens (tertiary/aromatic N) is 5. The van der Waals surface area contributed by atoms with Crippen LogP contribution in [0.4, 0.5) is 0 Å². The van der Waals surface area contributed by atoms with Crippen molar-refractivity contribution in [2.45, 2.75) is 57.4 Å². The van der Waals surface area contributed by atoms with Crippen LogP contribution < -0.4 is 0 Å². The van der Waals surface area contributed by atoms with E-state index in [1.165, 1.54) is 32.4 Å². The van der Waals surface area contributed by atoms with Crippen molar-refractivity contribution in [1.82, 2.24) is 24.6 Å².